The zero-order chi connectivity index (χ0) is 62.8. The summed E-state index contributed by atoms with van der Waals surface area (Å²) < 4.78 is 0. The Bertz CT molecular complexity index is 2730. The van der Waals surface area contributed by atoms with Crippen LogP contribution in [0.3, 0.4) is 0 Å². The van der Waals surface area contributed by atoms with Crippen LogP contribution < -0.4 is 65.5 Å². The molecule has 19 N–H and O–H groups in total. The lowest BCUT2D eigenvalue weighted by Gasteiger charge is -2.37. The van der Waals surface area contributed by atoms with Gasteiger partial charge in [0.1, 0.15) is 48.6 Å². The van der Waals surface area contributed by atoms with Gasteiger partial charge in [-0.1, -0.05) is 82.0 Å². The summed E-state index contributed by atoms with van der Waals surface area (Å²) in [5.41, 5.74) is 23.6. The van der Waals surface area contributed by atoms with Crippen molar-refractivity contribution in [1.82, 2.24) is 57.4 Å². The molecule has 9 amide bonds. The van der Waals surface area contributed by atoms with Crippen molar-refractivity contribution < 1.29 is 58.2 Å². The Balaban J connectivity index is 1.49. The molecule has 85 heavy (non-hydrogen) atoms. The fourth-order valence-corrected chi connectivity index (χ4v) is 9.76. The number of hydrogen-bond donors (Lipinski definition) is 15. The van der Waals surface area contributed by atoms with Crippen LogP contribution in [0.1, 0.15) is 110 Å². The number of carbonyl (C=O) groups excluding carboxylic acids is 10. The van der Waals surface area contributed by atoms with Crippen LogP contribution in [0.15, 0.2) is 60.0 Å². The molecule has 1 heterocycles. The van der Waals surface area contributed by atoms with Crippen LogP contribution in [0.4, 0.5) is 0 Å². The number of aldehydes is 1. The smallest absolute Gasteiger partial charge is 0.246 e. The molecule has 0 saturated heterocycles. The summed E-state index contributed by atoms with van der Waals surface area (Å²) in [4.78, 5) is 149. The number of imidazole rings is 1. The van der Waals surface area contributed by atoms with Crippen molar-refractivity contribution in [1.29, 1.82) is 0 Å². The lowest BCUT2D eigenvalue weighted by Crippen LogP contribution is -2.63. The average molecular weight is 1190 g/mol. The van der Waals surface area contributed by atoms with Crippen LogP contribution in [-0.2, 0) is 60.8 Å². The minimum absolute atomic E-state index is 0.0550. The number of nitrogens with two attached hydrogens (primary N) is 4. The minimum Gasteiger partial charge on any atom is -0.391 e. The highest BCUT2D eigenvalue weighted by Crippen LogP contribution is 2.25. The van der Waals surface area contributed by atoms with Crippen LogP contribution in [0.2, 0.25) is 0 Å². The first-order valence-corrected chi connectivity index (χ1v) is 28.9. The SMILES string of the molecule is CCC(C)[C@H](NC(=O)[C@H](CCCN)NC(=O)CNC(=O)[C@@H](NC(=O)[C@@H](NC(=O)[C@H](Cc1cnc[nH]1)NC(=O)[C@H](Cc1cccc2ccccc12)NC(=O)[C@H](C)NC(=O)[C@@H](N)CCCN=C(N)N)[C@@H](C)O)[C@@H](C)O)C(=O)N(CC=O)C1CCCCC1. The lowest BCUT2D eigenvalue weighted by molar-refractivity contribution is -0.142. The number of nitrogens with zero attached hydrogens (tertiary/aromatic N) is 3. The molecule has 1 aromatic heterocycles. The average Bonchev–Trinajstić information content (AvgIpc) is 4.14. The number of aliphatic imine (C=N–C) groups is 1. The summed E-state index contributed by atoms with van der Waals surface area (Å²) >= 11 is 0. The van der Waals surface area contributed by atoms with E-state index in [2.05, 4.69) is 57.5 Å². The molecule has 28 nitrogen and oxygen atoms in total. The Kier molecular flexibility index (Phi) is 28.8. The Morgan fingerprint density at radius 2 is 1.33 bits per heavy atom. The van der Waals surface area contributed by atoms with E-state index in [1.54, 1.807) is 25.1 Å². The molecule has 468 valence electrons. The van der Waals surface area contributed by atoms with E-state index >= 15 is 0 Å². The lowest BCUT2D eigenvalue weighted by atomic mass is 9.91. The van der Waals surface area contributed by atoms with Gasteiger partial charge in [-0.2, -0.15) is 0 Å². The topological polar surface area (TPSA) is 456 Å². The van der Waals surface area contributed by atoms with Crippen molar-refractivity contribution in [3.8, 4) is 0 Å². The largest absolute Gasteiger partial charge is 0.391 e. The third-order valence-electron chi connectivity index (χ3n) is 14.8. The zero-order valence-electron chi connectivity index (χ0n) is 49.1. The summed E-state index contributed by atoms with van der Waals surface area (Å²) in [5, 5.41) is 43.7. The van der Waals surface area contributed by atoms with Crippen LogP contribution in [0.5, 0.6) is 0 Å². The molecule has 0 radical (unpaired) electrons. The van der Waals surface area contributed by atoms with Crippen LogP contribution in [0, 0.1) is 5.92 Å². The minimum atomic E-state index is -1.83. The van der Waals surface area contributed by atoms with Gasteiger partial charge in [-0.3, -0.25) is 48.1 Å². The van der Waals surface area contributed by atoms with Gasteiger partial charge in [-0.15, -0.1) is 0 Å². The number of H-pyrrole nitrogens is 1. The number of aromatic amines is 1. The Hall–Kier alpha value is -8.08. The van der Waals surface area contributed by atoms with Crippen molar-refractivity contribution in [3.63, 3.8) is 0 Å². The molecule has 11 atom stereocenters. The summed E-state index contributed by atoms with van der Waals surface area (Å²) in [6.45, 7) is 6.87. The fourth-order valence-electron chi connectivity index (χ4n) is 9.76. The monoisotopic (exact) mass is 1190 g/mol. The van der Waals surface area contributed by atoms with Gasteiger partial charge in [0.25, 0.3) is 0 Å². The number of fused-ring (bicyclic) bond motifs is 1. The molecular weight excluding hydrogens is 1100 g/mol. The number of aromatic nitrogens is 2. The molecule has 1 unspecified atom stereocenters. The molecule has 1 aliphatic carbocycles. The standard InChI is InChI=1S/C57H88N16O12/c1-6-32(2)46(56(85)73(25-26-74)39-18-8-7-9-19-39)70-51(80)42(22-13-23-58)67-45(77)30-64-54(83)47(34(4)75)72-55(84)48(35(5)76)71-53(82)44(28-38-29-62-31-65-38)69-52(81)43(27-37-17-12-16-36-15-10-11-20-40(36)37)68-49(78)33(3)66-50(79)41(59)21-14-24-63-57(60)61/h10-12,15-17,20,26,29,31-35,39,41-44,46-48,75-76H,6-9,13-14,18-19,21-25,27-28,30,58-59H2,1-5H3,(H,62,65)(H,64,83)(H,66,79)(H,67,77)(H,68,78)(H,69,81)(H,70,80)(H,71,82)(H,72,84)(H4,60,61,63)/t32?,33-,34+,35+,41-,42-,43-,44-,46-,47-,48-/m0/s1. The van der Waals surface area contributed by atoms with E-state index < -0.39 is 120 Å². The molecule has 1 fully saturated rings. The van der Waals surface area contributed by atoms with Gasteiger partial charge in [-0.25, -0.2) is 4.98 Å². The predicted molar refractivity (Wildman–Crippen MR) is 316 cm³/mol. The molecule has 3 aromatic rings. The second kappa shape index (κ2) is 35.3. The van der Waals surface area contributed by atoms with E-state index in [0.717, 1.165) is 42.9 Å². The Morgan fingerprint density at radius 3 is 1.96 bits per heavy atom. The van der Waals surface area contributed by atoms with Crippen molar-refractivity contribution in [3.05, 3.63) is 66.2 Å². The third-order valence-corrected chi connectivity index (χ3v) is 14.8. The quantitative estimate of drug-likeness (QED) is 0.0122. The van der Waals surface area contributed by atoms with Crippen molar-refractivity contribution in [2.75, 3.05) is 26.2 Å². The maximum absolute atomic E-state index is 14.6. The first-order chi connectivity index (χ1) is 40.5. The maximum Gasteiger partial charge on any atom is 0.246 e. The molecule has 0 aliphatic heterocycles. The highest BCUT2D eigenvalue weighted by atomic mass is 16.3. The van der Waals surface area contributed by atoms with Crippen molar-refractivity contribution in [2.24, 2.45) is 33.8 Å². The molecule has 0 bridgehead atoms. The van der Waals surface area contributed by atoms with Gasteiger partial charge in [0.05, 0.1) is 37.7 Å². The first-order valence-electron chi connectivity index (χ1n) is 28.9. The number of carbonyl (C=O) groups is 10. The number of nitrogens with one attached hydrogen (secondary N) is 9. The highest BCUT2D eigenvalue weighted by Gasteiger charge is 2.38. The van der Waals surface area contributed by atoms with E-state index in [1.165, 1.54) is 38.2 Å². The number of guanidine groups is 1. The number of benzene rings is 2. The number of aliphatic hydroxyl groups is 2. The van der Waals surface area contributed by atoms with Crippen LogP contribution >= 0.6 is 0 Å². The summed E-state index contributed by atoms with van der Waals surface area (Å²) in [6.07, 6.45) is 5.38. The Morgan fingerprint density at radius 1 is 0.718 bits per heavy atom. The number of aliphatic hydroxyl groups excluding tert-OH is 2. The highest BCUT2D eigenvalue weighted by molar-refractivity contribution is 5.98. The summed E-state index contributed by atoms with van der Waals surface area (Å²) in [6, 6.07) is 1.57. The molecule has 1 aliphatic rings. The van der Waals surface area contributed by atoms with E-state index in [0.29, 0.717) is 30.4 Å². The maximum atomic E-state index is 14.6. The van der Waals surface area contributed by atoms with Gasteiger partial charge in [0, 0.05) is 37.3 Å². The first kappa shape index (κ1) is 69.4. The molecular formula is C57H88N16O12. The number of rotatable bonds is 35. The van der Waals surface area contributed by atoms with Crippen molar-refractivity contribution in [2.45, 2.75) is 178 Å². The molecule has 2 aromatic carbocycles. The normalized spacial score (nSPS) is 16.3. The van der Waals surface area contributed by atoms with Crippen LogP contribution in [-0.4, -0.2) is 183 Å². The third kappa shape index (κ3) is 22.1. The van der Waals surface area contributed by atoms with Gasteiger partial charge < -0.3 is 90.4 Å². The second-order valence-corrected chi connectivity index (χ2v) is 21.6. The molecule has 0 spiro atoms. The zero-order valence-corrected chi connectivity index (χ0v) is 49.1. The fraction of sp³-hybridized carbons (Fsp3) is 0.579. The van der Waals surface area contributed by atoms with Gasteiger partial charge in [-0.05, 0) is 88.1 Å². The van der Waals surface area contributed by atoms with E-state index in [4.69, 9.17) is 22.9 Å². The summed E-state index contributed by atoms with van der Waals surface area (Å²) in [5.74, 6) is -7.97. The van der Waals surface area contributed by atoms with Crippen molar-refractivity contribution >= 4 is 76.2 Å². The number of hydrogen-bond acceptors (Lipinski definition) is 16. The molecule has 4 rings (SSSR count). The van der Waals surface area contributed by atoms with Gasteiger partial charge in [0.15, 0.2) is 5.96 Å². The number of amides is 9. The van der Waals surface area contributed by atoms with E-state index in [-0.39, 0.29) is 69.7 Å². The van der Waals surface area contributed by atoms with Crippen LogP contribution in [0.25, 0.3) is 10.8 Å². The van der Waals surface area contributed by atoms with Gasteiger partial charge in [0.2, 0.25) is 53.2 Å². The van der Waals surface area contributed by atoms with E-state index in [9.17, 15) is 58.2 Å². The Labute approximate surface area is 494 Å². The molecule has 28 heteroatoms. The predicted octanol–water partition coefficient (Wildman–Crippen LogP) is -2.83. The molecule has 1 saturated carbocycles. The summed E-state index contributed by atoms with van der Waals surface area (Å²) in [7, 11) is 0. The van der Waals surface area contributed by atoms with E-state index in [1.807, 2.05) is 31.2 Å². The van der Waals surface area contributed by atoms with Gasteiger partial charge >= 0.3 is 0 Å². The second-order valence-electron chi connectivity index (χ2n) is 21.6.